The zero-order valence-corrected chi connectivity index (χ0v) is 12.7. The van der Waals surface area contributed by atoms with E-state index in [4.69, 9.17) is 10.5 Å². The van der Waals surface area contributed by atoms with Crippen LogP contribution in [0.3, 0.4) is 0 Å². The lowest BCUT2D eigenvalue weighted by atomic mass is 9.93. The quantitative estimate of drug-likeness (QED) is 0.747. The average Bonchev–Trinajstić information content (AvgIpc) is 2.50. The predicted molar refractivity (Wildman–Crippen MR) is 82.1 cm³/mol. The van der Waals surface area contributed by atoms with Crippen molar-refractivity contribution in [2.45, 2.75) is 27.7 Å². The first-order chi connectivity index (χ1) is 10.1. The van der Waals surface area contributed by atoms with Crippen molar-refractivity contribution in [2.75, 3.05) is 0 Å². The van der Waals surface area contributed by atoms with Crippen LogP contribution in [0.1, 0.15) is 36.1 Å². The lowest BCUT2D eigenvalue weighted by Gasteiger charge is -2.11. The second-order valence-corrected chi connectivity index (χ2v) is 4.38. The molecule has 21 heavy (non-hydrogen) atoms. The molecule has 0 aliphatic rings. The van der Waals surface area contributed by atoms with Crippen LogP contribution in [0, 0.1) is 42.3 Å². The van der Waals surface area contributed by atoms with Crippen molar-refractivity contribution in [3.05, 3.63) is 58.4 Å². The number of hydrogen-bond acceptors (Lipinski definition) is 2. The molecule has 0 aliphatic heterocycles. The molecule has 0 spiro atoms. The third-order valence-corrected chi connectivity index (χ3v) is 3.08. The van der Waals surface area contributed by atoms with Crippen LogP contribution < -0.4 is 0 Å². The van der Waals surface area contributed by atoms with Crippen LogP contribution in [0.15, 0.2) is 30.3 Å². The molecule has 0 fully saturated rings. The molecule has 0 amide bonds. The topological polar surface area (TPSA) is 47.6 Å². The summed E-state index contributed by atoms with van der Waals surface area (Å²) in [5.74, 6) is -0.750. The number of nitrogens with zero attached hydrogens (tertiary/aromatic N) is 2. The van der Waals surface area contributed by atoms with Gasteiger partial charge in [0.2, 0.25) is 0 Å². The summed E-state index contributed by atoms with van der Waals surface area (Å²) in [7, 11) is 0. The Morgan fingerprint density at radius 2 is 1.33 bits per heavy atom. The van der Waals surface area contributed by atoms with E-state index in [9.17, 15) is 4.39 Å². The Hall–Kier alpha value is -2.65. The molecule has 0 aromatic heterocycles. The summed E-state index contributed by atoms with van der Waals surface area (Å²) in [6.07, 6.45) is 0. The maximum absolute atomic E-state index is 13.7. The molecule has 0 unspecified atom stereocenters. The molecule has 0 saturated carbocycles. The molecule has 0 bridgehead atoms. The summed E-state index contributed by atoms with van der Waals surface area (Å²) in [5, 5.41) is 17.9. The van der Waals surface area contributed by atoms with Crippen molar-refractivity contribution in [3.8, 4) is 23.3 Å². The highest BCUT2D eigenvalue weighted by Gasteiger charge is 2.13. The number of rotatable bonds is 1. The minimum absolute atomic E-state index is 0.100. The molecule has 2 aromatic carbocycles. The first-order valence-corrected chi connectivity index (χ1v) is 6.78. The lowest BCUT2D eigenvalue weighted by molar-refractivity contribution is 0.620. The fraction of sp³-hybridized carbons (Fsp3) is 0.222. The largest absolute Gasteiger partial charge is 0.204 e. The highest BCUT2D eigenvalue weighted by molar-refractivity contribution is 5.73. The number of halogens is 1. The van der Waals surface area contributed by atoms with Crippen LogP contribution in [0.4, 0.5) is 4.39 Å². The highest BCUT2D eigenvalue weighted by atomic mass is 19.1. The van der Waals surface area contributed by atoms with Gasteiger partial charge in [-0.05, 0) is 48.2 Å². The van der Waals surface area contributed by atoms with Gasteiger partial charge in [-0.25, -0.2) is 4.39 Å². The minimum Gasteiger partial charge on any atom is -0.204 e. The minimum atomic E-state index is -0.750. The number of hydrogen-bond donors (Lipinski definition) is 0. The third kappa shape index (κ3) is 3.27. The molecule has 2 aromatic rings. The van der Waals surface area contributed by atoms with Crippen LogP contribution in [-0.4, -0.2) is 0 Å². The summed E-state index contributed by atoms with van der Waals surface area (Å²) < 4.78 is 13.7. The van der Waals surface area contributed by atoms with Gasteiger partial charge in [0, 0.05) is 0 Å². The van der Waals surface area contributed by atoms with E-state index in [0.717, 1.165) is 16.7 Å². The van der Waals surface area contributed by atoms with Crippen molar-refractivity contribution in [2.24, 2.45) is 0 Å². The van der Waals surface area contributed by atoms with Gasteiger partial charge in [0.15, 0.2) is 5.82 Å². The Kier molecular flexibility index (Phi) is 5.64. The maximum Gasteiger partial charge on any atom is 0.158 e. The zero-order valence-electron chi connectivity index (χ0n) is 12.7. The zero-order chi connectivity index (χ0) is 16.0. The summed E-state index contributed by atoms with van der Waals surface area (Å²) in [6.45, 7) is 7.90. The SMILES string of the molecule is CC.Cc1cccc(C)c1-c1cc(C#N)c(F)c(C#N)c1. The van der Waals surface area contributed by atoms with E-state index in [1.807, 2.05) is 45.9 Å². The van der Waals surface area contributed by atoms with E-state index in [1.54, 1.807) is 12.1 Å². The second kappa shape index (κ2) is 7.22. The molecule has 2 nitrogen and oxygen atoms in total. The van der Waals surface area contributed by atoms with Crippen LogP contribution in [-0.2, 0) is 0 Å². The van der Waals surface area contributed by atoms with Crippen LogP contribution in [0.2, 0.25) is 0 Å². The molecule has 0 saturated heterocycles. The van der Waals surface area contributed by atoms with Gasteiger partial charge in [-0.2, -0.15) is 10.5 Å². The normalized spacial score (nSPS) is 9.10. The maximum atomic E-state index is 13.7. The molecule has 0 atom stereocenters. The van der Waals surface area contributed by atoms with Gasteiger partial charge in [-0.3, -0.25) is 0 Å². The van der Waals surface area contributed by atoms with Gasteiger partial charge in [-0.1, -0.05) is 32.0 Å². The standard InChI is InChI=1S/C16H11FN2.C2H6/c1-10-4-3-5-11(2)15(10)12-6-13(8-18)16(17)14(7-12)9-19;1-2/h3-7H,1-2H3;1-2H3. The summed E-state index contributed by atoms with van der Waals surface area (Å²) in [6, 6.07) is 12.4. The van der Waals surface area contributed by atoms with Crippen molar-refractivity contribution in [3.63, 3.8) is 0 Å². The second-order valence-electron chi connectivity index (χ2n) is 4.38. The number of benzene rings is 2. The Balaban J connectivity index is 0.00000106. The van der Waals surface area contributed by atoms with E-state index in [0.29, 0.717) is 5.56 Å². The predicted octanol–water partition coefficient (Wildman–Crippen LogP) is 4.88. The Labute approximate surface area is 125 Å². The number of aryl methyl sites for hydroxylation is 2. The molecule has 0 N–H and O–H groups in total. The molecule has 2 rings (SSSR count). The van der Waals surface area contributed by atoms with E-state index < -0.39 is 5.82 Å². The van der Waals surface area contributed by atoms with Gasteiger partial charge in [0.25, 0.3) is 0 Å². The van der Waals surface area contributed by atoms with Gasteiger partial charge >= 0.3 is 0 Å². The molecule has 3 heteroatoms. The average molecular weight is 280 g/mol. The molecular formula is C18H17FN2. The Morgan fingerprint density at radius 3 is 1.71 bits per heavy atom. The van der Waals surface area contributed by atoms with E-state index >= 15 is 0 Å². The fourth-order valence-corrected chi connectivity index (χ4v) is 2.20. The Bertz CT molecular complexity index is 679. The first-order valence-electron chi connectivity index (χ1n) is 6.78. The molecule has 106 valence electrons. The lowest BCUT2D eigenvalue weighted by Crippen LogP contribution is -1.94. The van der Waals surface area contributed by atoms with Gasteiger partial charge in [-0.15, -0.1) is 0 Å². The van der Waals surface area contributed by atoms with E-state index in [1.165, 1.54) is 12.1 Å². The van der Waals surface area contributed by atoms with E-state index in [-0.39, 0.29) is 11.1 Å². The fourth-order valence-electron chi connectivity index (χ4n) is 2.20. The summed E-state index contributed by atoms with van der Waals surface area (Å²) >= 11 is 0. The smallest absolute Gasteiger partial charge is 0.158 e. The van der Waals surface area contributed by atoms with E-state index in [2.05, 4.69) is 0 Å². The molecule has 0 heterocycles. The molecule has 0 aliphatic carbocycles. The first kappa shape index (κ1) is 16.4. The molecule has 0 radical (unpaired) electrons. The van der Waals surface area contributed by atoms with Crippen molar-refractivity contribution in [1.29, 1.82) is 10.5 Å². The van der Waals surface area contributed by atoms with Crippen molar-refractivity contribution in [1.82, 2.24) is 0 Å². The van der Waals surface area contributed by atoms with Crippen LogP contribution in [0.25, 0.3) is 11.1 Å². The van der Waals surface area contributed by atoms with Gasteiger partial charge < -0.3 is 0 Å². The summed E-state index contributed by atoms with van der Waals surface area (Å²) in [5.41, 5.74) is 3.49. The van der Waals surface area contributed by atoms with Crippen molar-refractivity contribution >= 4 is 0 Å². The monoisotopic (exact) mass is 280 g/mol. The van der Waals surface area contributed by atoms with Crippen LogP contribution in [0.5, 0.6) is 0 Å². The Morgan fingerprint density at radius 1 is 0.905 bits per heavy atom. The van der Waals surface area contributed by atoms with Crippen LogP contribution >= 0.6 is 0 Å². The number of nitriles is 2. The van der Waals surface area contributed by atoms with Gasteiger partial charge in [0.1, 0.15) is 12.1 Å². The highest BCUT2D eigenvalue weighted by Crippen LogP contribution is 2.29. The summed E-state index contributed by atoms with van der Waals surface area (Å²) in [4.78, 5) is 0. The molecular weight excluding hydrogens is 263 g/mol. The third-order valence-electron chi connectivity index (χ3n) is 3.08. The van der Waals surface area contributed by atoms with Crippen molar-refractivity contribution < 1.29 is 4.39 Å². The van der Waals surface area contributed by atoms with Gasteiger partial charge in [0.05, 0.1) is 11.1 Å².